The van der Waals surface area contributed by atoms with Crippen molar-refractivity contribution in [2.45, 2.75) is 18.1 Å². The molecule has 122 valence electrons. The third kappa shape index (κ3) is 10.7. The summed E-state index contributed by atoms with van der Waals surface area (Å²) in [4.78, 5) is 15.4. The fraction of sp³-hybridized carbons (Fsp3) is 0.500. The number of nitrogens with one attached hydrogen (secondary N) is 1. The number of alkyl halides is 2. The molecule has 3 N–H and O–H groups in total. The van der Waals surface area contributed by atoms with Gasteiger partial charge in [-0.05, 0) is 12.1 Å². The first kappa shape index (κ1) is 22.6. The number of amides is 1. The topological polar surface area (TPSA) is 68.0 Å². The molecule has 4 nitrogen and oxygen atoms in total. The monoisotopic (exact) mass is 361 g/mol. The Labute approximate surface area is 139 Å². The third-order valence-electron chi connectivity index (χ3n) is 2.29. The van der Waals surface area contributed by atoms with Crippen molar-refractivity contribution in [3.8, 4) is 0 Å². The zero-order valence-electron chi connectivity index (χ0n) is 11.3. The van der Waals surface area contributed by atoms with E-state index in [0.29, 0.717) is 11.5 Å². The second kappa shape index (κ2) is 12.0. The number of thioether (sulfide) groups is 1. The lowest BCUT2D eigenvalue weighted by Crippen LogP contribution is -2.41. The number of nitrogens with two attached hydrogens (primary N) is 1. The summed E-state index contributed by atoms with van der Waals surface area (Å²) in [6.07, 6.45) is 1.91. The molecule has 21 heavy (non-hydrogen) atoms. The highest BCUT2D eigenvalue weighted by Crippen LogP contribution is 2.11. The highest BCUT2D eigenvalue weighted by Gasteiger charge is 2.26. The molecule has 0 aromatic carbocycles. The van der Waals surface area contributed by atoms with Gasteiger partial charge in [0.05, 0.1) is 18.8 Å². The van der Waals surface area contributed by atoms with Gasteiger partial charge < -0.3 is 11.1 Å². The van der Waals surface area contributed by atoms with E-state index in [1.54, 1.807) is 6.20 Å². The van der Waals surface area contributed by atoms with Crippen LogP contribution in [0.4, 0.5) is 8.78 Å². The maximum atomic E-state index is 12.8. The van der Waals surface area contributed by atoms with Crippen LogP contribution < -0.4 is 11.1 Å². The first-order chi connectivity index (χ1) is 9.03. The minimum atomic E-state index is -3.03. The number of hydrogen-bond acceptors (Lipinski definition) is 4. The Hall–Kier alpha value is -0.630. The summed E-state index contributed by atoms with van der Waals surface area (Å²) < 4.78 is 25.5. The molecular formula is C12H19Cl2F2N3OS. The van der Waals surface area contributed by atoms with Gasteiger partial charge in [-0.3, -0.25) is 9.78 Å². The van der Waals surface area contributed by atoms with E-state index in [9.17, 15) is 13.6 Å². The van der Waals surface area contributed by atoms with Crippen molar-refractivity contribution in [1.29, 1.82) is 0 Å². The molecule has 1 rings (SSSR count). The van der Waals surface area contributed by atoms with Crippen molar-refractivity contribution >= 4 is 42.5 Å². The van der Waals surface area contributed by atoms with Crippen LogP contribution >= 0.6 is 36.6 Å². The molecule has 0 spiro atoms. The highest BCUT2D eigenvalue weighted by atomic mass is 35.5. The predicted octanol–water partition coefficient (Wildman–Crippen LogP) is 2.26. The number of carbonyl (C=O) groups excluding carboxylic acids is 1. The van der Waals surface area contributed by atoms with E-state index in [1.807, 2.05) is 18.2 Å². The van der Waals surface area contributed by atoms with Crippen molar-refractivity contribution in [1.82, 2.24) is 10.3 Å². The lowest BCUT2D eigenvalue weighted by molar-refractivity contribution is -0.122. The van der Waals surface area contributed by atoms with Crippen LogP contribution in [0.15, 0.2) is 24.4 Å². The fourth-order valence-corrected chi connectivity index (χ4v) is 2.07. The maximum Gasteiger partial charge on any atom is 0.277 e. The molecule has 1 amide bonds. The van der Waals surface area contributed by atoms with Crippen LogP contribution in [-0.2, 0) is 10.5 Å². The van der Waals surface area contributed by atoms with Crippen LogP contribution in [0.3, 0.4) is 0 Å². The fourth-order valence-electron chi connectivity index (χ4n) is 1.21. The summed E-state index contributed by atoms with van der Waals surface area (Å²) in [6.45, 7) is -1.46. The van der Waals surface area contributed by atoms with Crippen LogP contribution in [-0.4, -0.2) is 35.7 Å². The summed E-state index contributed by atoms with van der Waals surface area (Å²) in [5, 5.41) is 2.17. The molecule has 0 bridgehead atoms. The predicted molar refractivity (Wildman–Crippen MR) is 86.5 cm³/mol. The van der Waals surface area contributed by atoms with E-state index in [1.165, 1.54) is 11.8 Å². The average Bonchev–Trinajstić information content (AvgIpc) is 2.43. The Morgan fingerprint density at radius 1 is 1.38 bits per heavy atom. The number of hydrogen-bond donors (Lipinski definition) is 2. The summed E-state index contributed by atoms with van der Waals surface area (Å²) >= 11 is 1.54. The van der Waals surface area contributed by atoms with Crippen LogP contribution in [0.5, 0.6) is 0 Å². The van der Waals surface area contributed by atoms with Crippen molar-refractivity contribution in [2.75, 3.05) is 18.8 Å². The van der Waals surface area contributed by atoms with Crippen molar-refractivity contribution in [2.24, 2.45) is 5.73 Å². The van der Waals surface area contributed by atoms with Crippen LogP contribution in [0.1, 0.15) is 12.1 Å². The van der Waals surface area contributed by atoms with Gasteiger partial charge >= 0.3 is 0 Å². The zero-order chi connectivity index (χ0) is 14.1. The molecule has 0 unspecified atom stereocenters. The first-order valence-corrected chi connectivity index (χ1v) is 7.01. The number of aromatic nitrogens is 1. The van der Waals surface area contributed by atoms with Gasteiger partial charge in [0, 0.05) is 24.1 Å². The highest BCUT2D eigenvalue weighted by molar-refractivity contribution is 7.98. The Morgan fingerprint density at radius 3 is 2.67 bits per heavy atom. The molecule has 0 aliphatic heterocycles. The van der Waals surface area contributed by atoms with Crippen molar-refractivity contribution < 1.29 is 13.6 Å². The molecule has 0 aliphatic rings. The first-order valence-electron chi connectivity index (χ1n) is 5.86. The number of pyridine rings is 1. The molecule has 1 aromatic rings. The van der Waals surface area contributed by atoms with Crippen LogP contribution in [0, 0.1) is 0 Å². The van der Waals surface area contributed by atoms with Crippen molar-refractivity contribution in [3.05, 3.63) is 30.1 Å². The molecule has 0 saturated heterocycles. The standard InChI is InChI=1S/C12H17F2N3OS.2ClH/c13-12(14,8-15)9-17-11(18)4-6-19-7-10-3-1-2-5-16-10;;/h1-3,5H,4,6-9,15H2,(H,17,18);2*1H. The van der Waals surface area contributed by atoms with Crippen LogP contribution in [0.25, 0.3) is 0 Å². The number of rotatable bonds is 8. The normalized spacial score (nSPS) is 10.2. The summed E-state index contributed by atoms with van der Waals surface area (Å²) in [6, 6.07) is 5.62. The van der Waals surface area contributed by atoms with Crippen molar-refractivity contribution in [3.63, 3.8) is 0 Å². The van der Waals surface area contributed by atoms with E-state index in [0.717, 1.165) is 5.69 Å². The van der Waals surface area contributed by atoms with Gasteiger partial charge in [-0.1, -0.05) is 6.07 Å². The maximum absolute atomic E-state index is 12.8. The minimum Gasteiger partial charge on any atom is -0.350 e. The Morgan fingerprint density at radius 2 is 2.10 bits per heavy atom. The molecule has 1 aromatic heterocycles. The lowest BCUT2D eigenvalue weighted by Gasteiger charge is -2.14. The minimum absolute atomic E-state index is 0. The third-order valence-corrected chi connectivity index (χ3v) is 3.29. The van der Waals surface area contributed by atoms with Gasteiger partial charge in [-0.2, -0.15) is 11.8 Å². The van der Waals surface area contributed by atoms with E-state index in [-0.39, 0.29) is 37.1 Å². The van der Waals surface area contributed by atoms with Gasteiger partial charge in [0.25, 0.3) is 5.92 Å². The molecule has 0 atom stereocenters. The lowest BCUT2D eigenvalue weighted by atomic mass is 10.3. The summed E-state index contributed by atoms with van der Waals surface area (Å²) in [5.41, 5.74) is 5.80. The van der Waals surface area contributed by atoms with Gasteiger partial charge in [0.1, 0.15) is 0 Å². The molecule has 0 saturated carbocycles. The van der Waals surface area contributed by atoms with Gasteiger partial charge in [0.2, 0.25) is 5.91 Å². The second-order valence-corrected chi connectivity index (χ2v) is 5.07. The largest absolute Gasteiger partial charge is 0.350 e. The Bertz CT molecular complexity index is 399. The molecule has 0 fully saturated rings. The number of nitrogens with zero attached hydrogens (tertiary/aromatic N) is 1. The van der Waals surface area contributed by atoms with Gasteiger partial charge in [0.15, 0.2) is 0 Å². The quantitative estimate of drug-likeness (QED) is 0.696. The number of halogens is 4. The Balaban J connectivity index is 0. The molecule has 1 heterocycles. The second-order valence-electron chi connectivity index (χ2n) is 3.96. The van der Waals surface area contributed by atoms with Gasteiger partial charge in [-0.15, -0.1) is 24.8 Å². The van der Waals surface area contributed by atoms with E-state index in [2.05, 4.69) is 10.3 Å². The smallest absolute Gasteiger partial charge is 0.277 e. The molecular weight excluding hydrogens is 343 g/mol. The van der Waals surface area contributed by atoms with Gasteiger partial charge in [-0.25, -0.2) is 8.78 Å². The zero-order valence-corrected chi connectivity index (χ0v) is 13.7. The molecule has 0 aliphatic carbocycles. The molecule has 0 radical (unpaired) electrons. The SMILES string of the molecule is Cl.Cl.NCC(F)(F)CNC(=O)CCSCc1ccccn1. The Kier molecular flexibility index (Phi) is 12.9. The van der Waals surface area contributed by atoms with E-state index < -0.39 is 19.0 Å². The van der Waals surface area contributed by atoms with Crippen LogP contribution in [0.2, 0.25) is 0 Å². The summed E-state index contributed by atoms with van der Waals surface area (Å²) in [7, 11) is 0. The van der Waals surface area contributed by atoms with E-state index in [4.69, 9.17) is 5.73 Å². The molecule has 9 heteroatoms. The summed E-state index contributed by atoms with van der Waals surface area (Å²) in [5.74, 6) is -2.15. The number of carbonyl (C=O) groups is 1. The average molecular weight is 362 g/mol. The van der Waals surface area contributed by atoms with E-state index >= 15 is 0 Å².